The Balaban J connectivity index is 2.14. The van der Waals surface area contributed by atoms with E-state index in [2.05, 4.69) is 0 Å². The molecule has 0 aromatic heterocycles. The highest BCUT2D eigenvalue weighted by Crippen LogP contribution is 2.39. The molecule has 0 fully saturated rings. The van der Waals surface area contributed by atoms with Crippen molar-refractivity contribution < 1.29 is 9.84 Å². The molecule has 1 aromatic rings. The Kier molecular flexibility index (Phi) is 2.55. The summed E-state index contributed by atoms with van der Waals surface area (Å²) >= 11 is 0. The topological polar surface area (TPSA) is 29.5 Å². The number of aliphatic hydroxyl groups is 1. The quantitative estimate of drug-likeness (QED) is 0.740. The summed E-state index contributed by atoms with van der Waals surface area (Å²) in [5, 5.41) is 9.54. The molecule has 0 heterocycles. The number of aliphatic hydroxyl groups excluding tert-OH is 1. The van der Waals surface area contributed by atoms with Crippen LogP contribution in [0.3, 0.4) is 0 Å². The predicted molar refractivity (Wildman–Crippen MR) is 55.4 cm³/mol. The molecule has 1 aliphatic carbocycles. The van der Waals surface area contributed by atoms with Gasteiger partial charge in [0.25, 0.3) is 0 Å². The Labute approximate surface area is 83.8 Å². The smallest absolute Gasteiger partial charge is 0.125 e. The Bertz CT molecular complexity index is 355. The first-order chi connectivity index (χ1) is 6.83. The highest BCUT2D eigenvalue weighted by Gasteiger charge is 2.27. The zero-order valence-electron chi connectivity index (χ0n) is 8.23. The lowest BCUT2D eigenvalue weighted by Gasteiger charge is -2.27. The Morgan fingerprint density at radius 3 is 3.14 bits per heavy atom. The van der Waals surface area contributed by atoms with Crippen molar-refractivity contribution in [3.8, 4) is 5.75 Å². The zero-order chi connectivity index (χ0) is 9.97. The second-order valence-electron chi connectivity index (χ2n) is 3.43. The van der Waals surface area contributed by atoms with Crippen molar-refractivity contribution in [1.82, 2.24) is 0 Å². The van der Waals surface area contributed by atoms with Crippen LogP contribution in [-0.2, 0) is 6.42 Å². The van der Waals surface area contributed by atoms with E-state index in [0.717, 1.165) is 17.7 Å². The number of hydrogen-bond acceptors (Lipinski definition) is 2. The van der Waals surface area contributed by atoms with Crippen molar-refractivity contribution in [1.29, 1.82) is 0 Å². The van der Waals surface area contributed by atoms with E-state index in [0.29, 0.717) is 6.61 Å². The van der Waals surface area contributed by atoms with Gasteiger partial charge in [0.15, 0.2) is 0 Å². The molecule has 0 spiro atoms. The maximum atomic E-state index is 9.54. The van der Waals surface area contributed by atoms with Gasteiger partial charge in [-0.1, -0.05) is 24.3 Å². The molecule has 0 saturated heterocycles. The maximum absolute atomic E-state index is 9.54. The fraction of sp³-hybridized carbons (Fsp3) is 0.333. The van der Waals surface area contributed by atoms with E-state index < -0.39 is 0 Å². The Morgan fingerprint density at radius 1 is 1.57 bits per heavy atom. The molecule has 0 aliphatic heterocycles. The first kappa shape index (κ1) is 9.28. The lowest BCUT2D eigenvalue weighted by molar-refractivity contribution is 0.147. The molecule has 0 saturated carbocycles. The lowest BCUT2D eigenvalue weighted by Crippen LogP contribution is -2.18. The van der Waals surface area contributed by atoms with E-state index in [-0.39, 0.29) is 6.10 Å². The molecule has 0 unspecified atom stereocenters. The van der Waals surface area contributed by atoms with Gasteiger partial charge in [0.05, 0.1) is 6.10 Å². The van der Waals surface area contributed by atoms with Crippen LogP contribution < -0.4 is 4.74 Å². The summed E-state index contributed by atoms with van der Waals surface area (Å²) in [6.45, 7) is 2.53. The predicted octanol–water partition coefficient (Wildman–Crippen LogP) is 2.23. The van der Waals surface area contributed by atoms with Crippen molar-refractivity contribution in [2.24, 2.45) is 0 Å². The van der Waals surface area contributed by atoms with Crippen molar-refractivity contribution >= 4 is 0 Å². The van der Waals surface area contributed by atoms with Crippen molar-refractivity contribution in [2.75, 3.05) is 6.61 Å². The second-order valence-corrected chi connectivity index (χ2v) is 3.43. The summed E-state index contributed by atoms with van der Waals surface area (Å²) in [6, 6.07) is 5.91. The second kappa shape index (κ2) is 3.84. The van der Waals surface area contributed by atoms with Crippen molar-refractivity contribution in [2.45, 2.75) is 19.4 Å². The van der Waals surface area contributed by atoms with Crippen LogP contribution in [-0.4, -0.2) is 11.7 Å². The molecule has 2 rings (SSSR count). The third-order valence-corrected chi connectivity index (χ3v) is 2.47. The number of rotatable bonds is 3. The SMILES string of the molecule is C/C=C/COc1cccc2c1[C@H](O)C2. The van der Waals surface area contributed by atoms with Crippen LogP contribution in [0.2, 0.25) is 0 Å². The molecule has 1 aliphatic rings. The summed E-state index contributed by atoms with van der Waals surface area (Å²) in [6.07, 6.45) is 4.33. The molecule has 1 aromatic carbocycles. The monoisotopic (exact) mass is 190 g/mol. The fourth-order valence-corrected chi connectivity index (χ4v) is 1.68. The van der Waals surface area contributed by atoms with Gasteiger partial charge >= 0.3 is 0 Å². The molecule has 14 heavy (non-hydrogen) atoms. The van der Waals surface area contributed by atoms with E-state index >= 15 is 0 Å². The van der Waals surface area contributed by atoms with Gasteiger partial charge in [0.1, 0.15) is 12.4 Å². The third kappa shape index (κ3) is 1.53. The zero-order valence-corrected chi connectivity index (χ0v) is 8.23. The summed E-state index contributed by atoms with van der Waals surface area (Å²) < 4.78 is 5.53. The van der Waals surface area contributed by atoms with Gasteiger partial charge in [-0.3, -0.25) is 0 Å². The Morgan fingerprint density at radius 2 is 2.43 bits per heavy atom. The summed E-state index contributed by atoms with van der Waals surface area (Å²) in [5.41, 5.74) is 2.17. The van der Waals surface area contributed by atoms with E-state index in [1.807, 2.05) is 37.3 Å². The highest BCUT2D eigenvalue weighted by molar-refractivity contribution is 5.48. The summed E-state index contributed by atoms with van der Waals surface area (Å²) in [7, 11) is 0. The minimum absolute atomic E-state index is 0.327. The average molecular weight is 190 g/mol. The molecule has 2 heteroatoms. The van der Waals surface area contributed by atoms with Crippen LogP contribution in [0.1, 0.15) is 24.2 Å². The van der Waals surface area contributed by atoms with E-state index in [1.165, 1.54) is 5.56 Å². The third-order valence-electron chi connectivity index (χ3n) is 2.47. The maximum Gasteiger partial charge on any atom is 0.125 e. The fourth-order valence-electron chi connectivity index (χ4n) is 1.68. The first-order valence-corrected chi connectivity index (χ1v) is 4.86. The molecule has 0 amide bonds. The summed E-state index contributed by atoms with van der Waals surface area (Å²) in [5.74, 6) is 0.819. The summed E-state index contributed by atoms with van der Waals surface area (Å²) in [4.78, 5) is 0. The van der Waals surface area contributed by atoms with Crippen LogP contribution in [0.25, 0.3) is 0 Å². The number of benzene rings is 1. The molecule has 74 valence electrons. The minimum atomic E-state index is -0.327. The van der Waals surface area contributed by atoms with Gasteiger partial charge in [-0.2, -0.15) is 0 Å². The number of hydrogen-bond donors (Lipinski definition) is 1. The Hall–Kier alpha value is -1.28. The lowest BCUT2D eigenvalue weighted by atomic mass is 9.85. The standard InChI is InChI=1S/C12H14O2/c1-2-3-7-14-11-6-4-5-9-8-10(13)12(9)11/h2-6,10,13H,7-8H2,1H3/b3-2+/t10-/m1/s1. The van der Waals surface area contributed by atoms with E-state index in [9.17, 15) is 5.11 Å². The highest BCUT2D eigenvalue weighted by atomic mass is 16.5. The van der Waals surface area contributed by atoms with Gasteiger partial charge in [-0.15, -0.1) is 0 Å². The van der Waals surface area contributed by atoms with E-state index in [4.69, 9.17) is 4.74 Å². The largest absolute Gasteiger partial charge is 0.489 e. The van der Waals surface area contributed by atoms with Crippen LogP contribution in [0.5, 0.6) is 5.75 Å². The van der Waals surface area contributed by atoms with Crippen molar-refractivity contribution in [3.63, 3.8) is 0 Å². The number of allylic oxidation sites excluding steroid dienone is 1. The van der Waals surface area contributed by atoms with Gasteiger partial charge in [0, 0.05) is 12.0 Å². The minimum Gasteiger partial charge on any atom is -0.489 e. The van der Waals surface area contributed by atoms with Gasteiger partial charge in [-0.05, 0) is 18.6 Å². The number of fused-ring (bicyclic) bond motifs is 1. The molecular weight excluding hydrogens is 176 g/mol. The average Bonchev–Trinajstić information content (AvgIpc) is 2.16. The van der Waals surface area contributed by atoms with Gasteiger partial charge in [0.2, 0.25) is 0 Å². The molecule has 0 radical (unpaired) electrons. The molecular formula is C12H14O2. The van der Waals surface area contributed by atoms with Crippen LogP contribution in [0, 0.1) is 0 Å². The molecule has 0 bridgehead atoms. The molecule has 2 nitrogen and oxygen atoms in total. The molecule has 1 atom stereocenters. The molecule has 1 N–H and O–H groups in total. The van der Waals surface area contributed by atoms with Crippen LogP contribution >= 0.6 is 0 Å². The van der Waals surface area contributed by atoms with Crippen LogP contribution in [0.4, 0.5) is 0 Å². The van der Waals surface area contributed by atoms with Gasteiger partial charge in [-0.25, -0.2) is 0 Å². The normalized spacial score (nSPS) is 19.1. The van der Waals surface area contributed by atoms with Crippen LogP contribution in [0.15, 0.2) is 30.4 Å². The number of ether oxygens (including phenoxy) is 1. The first-order valence-electron chi connectivity index (χ1n) is 4.86. The van der Waals surface area contributed by atoms with E-state index in [1.54, 1.807) is 0 Å². The van der Waals surface area contributed by atoms with Gasteiger partial charge < -0.3 is 9.84 Å². The van der Waals surface area contributed by atoms with Crippen molar-refractivity contribution in [3.05, 3.63) is 41.5 Å².